The molecule has 0 aliphatic rings. The van der Waals surface area contributed by atoms with Crippen molar-refractivity contribution >= 4 is 29.2 Å². The van der Waals surface area contributed by atoms with E-state index >= 15 is 0 Å². The Hall–Kier alpha value is -1.07. The summed E-state index contributed by atoms with van der Waals surface area (Å²) in [6.07, 6.45) is 0. The van der Waals surface area contributed by atoms with Gasteiger partial charge in [0.2, 0.25) is 0 Å². The summed E-state index contributed by atoms with van der Waals surface area (Å²) in [5.41, 5.74) is -1.29. The lowest BCUT2D eigenvalue weighted by Crippen LogP contribution is -2.06. The van der Waals surface area contributed by atoms with E-state index < -0.39 is 39.0 Å². The molecule has 3 nitrogen and oxygen atoms in total. The standard InChI is InChI=1S/C7H2Cl2F2O3/c8-2-4(10)1(7(13)14)5(11)3(9)6(2)12/h12H,(H,13,14). The number of halogens is 4. The molecule has 1 aromatic carbocycles. The maximum atomic E-state index is 13.0. The fraction of sp³-hybridized carbons (Fsp3) is 0. The van der Waals surface area contributed by atoms with Crippen molar-refractivity contribution in [2.24, 2.45) is 0 Å². The first kappa shape index (κ1) is 11.0. The van der Waals surface area contributed by atoms with E-state index in [-0.39, 0.29) is 0 Å². The number of carbonyl (C=O) groups is 1. The summed E-state index contributed by atoms with van der Waals surface area (Å²) in [5.74, 6) is -5.99. The zero-order chi connectivity index (χ0) is 11.0. The van der Waals surface area contributed by atoms with Gasteiger partial charge >= 0.3 is 5.97 Å². The summed E-state index contributed by atoms with van der Waals surface area (Å²) in [5, 5.41) is 15.5. The normalized spacial score (nSPS) is 10.3. The molecule has 7 heteroatoms. The highest BCUT2D eigenvalue weighted by Crippen LogP contribution is 2.38. The van der Waals surface area contributed by atoms with Crippen molar-refractivity contribution in [2.45, 2.75) is 0 Å². The molecule has 0 saturated carbocycles. The van der Waals surface area contributed by atoms with Crippen LogP contribution in [-0.2, 0) is 0 Å². The third kappa shape index (κ3) is 1.49. The summed E-state index contributed by atoms with van der Waals surface area (Å²) >= 11 is 10.3. The summed E-state index contributed by atoms with van der Waals surface area (Å²) < 4.78 is 26.0. The zero-order valence-corrected chi connectivity index (χ0v) is 7.83. The Labute approximate surface area is 86.5 Å². The smallest absolute Gasteiger partial charge is 0.341 e. The lowest BCUT2D eigenvalue weighted by Gasteiger charge is -2.06. The van der Waals surface area contributed by atoms with E-state index in [0.29, 0.717) is 0 Å². The van der Waals surface area contributed by atoms with Gasteiger partial charge in [-0.3, -0.25) is 0 Å². The number of benzene rings is 1. The van der Waals surface area contributed by atoms with Crippen molar-refractivity contribution in [1.29, 1.82) is 0 Å². The number of hydrogen-bond donors (Lipinski definition) is 2. The number of hydrogen-bond acceptors (Lipinski definition) is 2. The second kappa shape index (κ2) is 3.59. The van der Waals surface area contributed by atoms with Crippen molar-refractivity contribution in [2.75, 3.05) is 0 Å². The van der Waals surface area contributed by atoms with Crippen LogP contribution in [0.25, 0.3) is 0 Å². The molecule has 0 fully saturated rings. The van der Waals surface area contributed by atoms with Crippen LogP contribution in [0.2, 0.25) is 10.0 Å². The Morgan fingerprint density at radius 2 is 1.50 bits per heavy atom. The first-order valence-corrected chi connectivity index (χ1v) is 3.91. The van der Waals surface area contributed by atoms with E-state index in [9.17, 15) is 13.6 Å². The summed E-state index contributed by atoms with van der Waals surface area (Å²) in [4.78, 5) is 10.4. The Morgan fingerprint density at radius 3 is 1.79 bits per heavy atom. The van der Waals surface area contributed by atoms with Gasteiger partial charge in [0.25, 0.3) is 0 Å². The van der Waals surface area contributed by atoms with Crippen molar-refractivity contribution in [3.8, 4) is 5.75 Å². The molecule has 0 aliphatic heterocycles. The molecule has 1 rings (SSSR count). The Kier molecular flexibility index (Phi) is 2.82. The molecule has 0 bridgehead atoms. The molecule has 0 heterocycles. The fourth-order valence-electron chi connectivity index (χ4n) is 0.808. The largest absolute Gasteiger partial charge is 0.505 e. The van der Waals surface area contributed by atoms with Crippen LogP contribution in [0.4, 0.5) is 8.78 Å². The van der Waals surface area contributed by atoms with Gasteiger partial charge in [-0.2, -0.15) is 0 Å². The minimum Gasteiger partial charge on any atom is -0.505 e. The molecule has 0 unspecified atom stereocenters. The van der Waals surface area contributed by atoms with Crippen molar-refractivity contribution in [3.05, 3.63) is 27.2 Å². The molecule has 76 valence electrons. The van der Waals surface area contributed by atoms with E-state index in [1.807, 2.05) is 0 Å². The van der Waals surface area contributed by atoms with Gasteiger partial charge in [-0.1, -0.05) is 23.2 Å². The van der Waals surface area contributed by atoms with Gasteiger partial charge in [-0.25, -0.2) is 13.6 Å². The van der Waals surface area contributed by atoms with Gasteiger partial charge < -0.3 is 10.2 Å². The molecule has 0 atom stereocenters. The number of carboxylic acids is 1. The highest BCUT2D eigenvalue weighted by molar-refractivity contribution is 6.37. The maximum Gasteiger partial charge on any atom is 0.341 e. The first-order chi connectivity index (χ1) is 6.37. The summed E-state index contributed by atoms with van der Waals surface area (Å²) in [6, 6.07) is 0. The third-order valence-electron chi connectivity index (χ3n) is 1.45. The highest BCUT2D eigenvalue weighted by Gasteiger charge is 2.26. The molecule has 0 saturated heterocycles. The van der Waals surface area contributed by atoms with Crippen LogP contribution >= 0.6 is 23.2 Å². The van der Waals surface area contributed by atoms with Crippen molar-refractivity contribution in [1.82, 2.24) is 0 Å². The molecule has 1 aromatic rings. The first-order valence-electron chi connectivity index (χ1n) is 3.16. The lowest BCUT2D eigenvalue weighted by atomic mass is 10.2. The van der Waals surface area contributed by atoms with Gasteiger partial charge in [0.15, 0.2) is 17.4 Å². The number of aromatic carboxylic acids is 1. The van der Waals surface area contributed by atoms with E-state index in [4.69, 9.17) is 33.4 Å². The Balaban J connectivity index is 3.68. The van der Waals surface area contributed by atoms with Crippen LogP contribution in [-0.4, -0.2) is 16.2 Å². The SMILES string of the molecule is O=C(O)c1c(F)c(Cl)c(O)c(Cl)c1F. The average Bonchev–Trinajstić information content (AvgIpc) is 2.11. The number of phenols is 1. The maximum absolute atomic E-state index is 13.0. The van der Waals surface area contributed by atoms with Gasteiger partial charge in [0.1, 0.15) is 15.6 Å². The minimum atomic E-state index is -1.86. The van der Waals surface area contributed by atoms with Gasteiger partial charge in [0.05, 0.1) is 0 Å². The topological polar surface area (TPSA) is 57.5 Å². The molecule has 2 N–H and O–H groups in total. The van der Waals surface area contributed by atoms with E-state index in [1.54, 1.807) is 0 Å². The van der Waals surface area contributed by atoms with Crippen LogP contribution in [0, 0.1) is 11.6 Å². The van der Waals surface area contributed by atoms with Crippen LogP contribution < -0.4 is 0 Å². The number of carboxylic acid groups (broad SMARTS) is 1. The third-order valence-corrected chi connectivity index (χ3v) is 2.14. The molecular formula is C7H2Cl2F2O3. The number of rotatable bonds is 1. The average molecular weight is 243 g/mol. The molecule has 0 spiro atoms. The van der Waals surface area contributed by atoms with Crippen LogP contribution in [0.1, 0.15) is 10.4 Å². The lowest BCUT2D eigenvalue weighted by molar-refractivity contribution is 0.0686. The second-order valence-corrected chi connectivity index (χ2v) is 3.04. The fourth-order valence-corrected chi connectivity index (χ4v) is 1.23. The molecule has 14 heavy (non-hydrogen) atoms. The quantitative estimate of drug-likeness (QED) is 0.745. The van der Waals surface area contributed by atoms with Gasteiger partial charge in [-0.05, 0) is 0 Å². The monoisotopic (exact) mass is 242 g/mol. The summed E-state index contributed by atoms with van der Waals surface area (Å²) in [7, 11) is 0. The predicted molar refractivity (Wildman–Crippen MR) is 45.0 cm³/mol. The number of phenolic OH excluding ortho intramolecular Hbond substituents is 1. The van der Waals surface area contributed by atoms with Crippen molar-refractivity contribution < 1.29 is 23.8 Å². The Bertz CT molecular complexity index is 391. The molecule has 0 aromatic heterocycles. The van der Waals surface area contributed by atoms with E-state index in [2.05, 4.69) is 0 Å². The van der Waals surface area contributed by atoms with Gasteiger partial charge in [-0.15, -0.1) is 0 Å². The highest BCUT2D eigenvalue weighted by atomic mass is 35.5. The minimum absolute atomic E-state index is 0.922. The molecular weight excluding hydrogens is 241 g/mol. The van der Waals surface area contributed by atoms with Gasteiger partial charge in [0, 0.05) is 0 Å². The van der Waals surface area contributed by atoms with Crippen LogP contribution in [0.15, 0.2) is 0 Å². The predicted octanol–water partition coefficient (Wildman–Crippen LogP) is 2.68. The van der Waals surface area contributed by atoms with Crippen LogP contribution in [0.3, 0.4) is 0 Å². The number of aromatic hydroxyl groups is 1. The Morgan fingerprint density at radius 1 is 1.14 bits per heavy atom. The summed E-state index contributed by atoms with van der Waals surface area (Å²) in [6.45, 7) is 0. The molecule has 0 amide bonds. The van der Waals surface area contributed by atoms with E-state index in [0.717, 1.165) is 0 Å². The molecule has 0 aliphatic carbocycles. The van der Waals surface area contributed by atoms with Crippen LogP contribution in [0.5, 0.6) is 5.75 Å². The zero-order valence-electron chi connectivity index (χ0n) is 6.31. The molecule has 0 radical (unpaired) electrons. The second-order valence-electron chi connectivity index (χ2n) is 2.28. The van der Waals surface area contributed by atoms with Crippen molar-refractivity contribution in [3.63, 3.8) is 0 Å². The van der Waals surface area contributed by atoms with E-state index in [1.165, 1.54) is 0 Å².